The summed E-state index contributed by atoms with van der Waals surface area (Å²) >= 11 is 0. The molecular weight excluding hydrogens is 538 g/mol. The van der Waals surface area contributed by atoms with Crippen LogP contribution in [-0.2, 0) is 19.9 Å². The number of imidazole rings is 1. The maximum absolute atomic E-state index is 5.04. The van der Waals surface area contributed by atoms with Crippen molar-refractivity contribution in [3.05, 3.63) is 145 Å². The Labute approximate surface area is 255 Å². The molecule has 44 heavy (non-hydrogen) atoms. The van der Waals surface area contributed by atoms with Gasteiger partial charge in [0.1, 0.15) is 11.6 Å². The van der Waals surface area contributed by atoms with Gasteiger partial charge in [0.25, 0.3) is 0 Å². The number of rotatable bonds is 3. The molecule has 5 nitrogen and oxygen atoms in total. The molecule has 0 radical (unpaired) electrons. The first-order chi connectivity index (χ1) is 21.7. The molecule has 0 aliphatic carbocycles. The van der Waals surface area contributed by atoms with Gasteiger partial charge in [0.05, 0.1) is 27.8 Å². The maximum atomic E-state index is 5.04. The van der Waals surface area contributed by atoms with Crippen LogP contribution in [0.25, 0.3) is 50.0 Å². The van der Waals surface area contributed by atoms with E-state index in [2.05, 4.69) is 142 Å². The molecule has 0 saturated carbocycles. The van der Waals surface area contributed by atoms with Crippen molar-refractivity contribution in [3.8, 4) is 17.2 Å². The highest BCUT2D eigenvalue weighted by Crippen LogP contribution is 2.45. The van der Waals surface area contributed by atoms with E-state index in [4.69, 9.17) is 9.97 Å². The average molecular weight is 568 g/mol. The fraction of sp³-hybridized carbons (Fsp3) is 0.0769. The fourth-order valence-corrected chi connectivity index (χ4v) is 6.97. The SMILES string of the molecule is Cn1c(-c2ccc3c(c2)N(c2ccc4c5ccccc5n(-c5ccccn5)c4c2)c2ccccc2CC3)nc2ccccc21. The van der Waals surface area contributed by atoms with Gasteiger partial charge in [-0.2, -0.15) is 0 Å². The Bertz CT molecular complexity index is 2360. The van der Waals surface area contributed by atoms with Crippen molar-refractivity contribution in [1.29, 1.82) is 0 Å². The average Bonchev–Trinajstić information content (AvgIpc) is 3.53. The largest absolute Gasteiger partial charge is 0.327 e. The lowest BCUT2D eigenvalue weighted by molar-refractivity contribution is 0.956. The van der Waals surface area contributed by atoms with E-state index >= 15 is 0 Å². The lowest BCUT2D eigenvalue weighted by atomic mass is 10.0. The van der Waals surface area contributed by atoms with Crippen molar-refractivity contribution in [2.45, 2.75) is 12.8 Å². The summed E-state index contributed by atoms with van der Waals surface area (Å²) < 4.78 is 4.48. The minimum absolute atomic E-state index is 0.914. The first-order valence-electron chi connectivity index (χ1n) is 15.1. The summed E-state index contributed by atoms with van der Waals surface area (Å²) in [6.45, 7) is 0. The molecule has 4 heterocycles. The number of pyridine rings is 1. The summed E-state index contributed by atoms with van der Waals surface area (Å²) in [5.74, 6) is 1.88. The number of benzene rings is 5. The quantitative estimate of drug-likeness (QED) is 0.214. The number of para-hydroxylation sites is 4. The molecule has 0 bridgehead atoms. The van der Waals surface area contributed by atoms with Gasteiger partial charge in [-0.05, 0) is 78.6 Å². The standard InChI is InChI=1S/C39H29N5/c1-42-35-15-7-4-12-32(35)41-39(42)28-20-19-27-18-17-26-10-2-5-13-33(26)43(36(27)24-28)29-21-22-31-30-11-3-6-14-34(30)44(37(31)25-29)38-16-8-9-23-40-38/h2-16,19-25H,17-18H2,1H3. The highest BCUT2D eigenvalue weighted by molar-refractivity contribution is 6.10. The third-order valence-corrected chi connectivity index (χ3v) is 9.06. The van der Waals surface area contributed by atoms with Crippen LogP contribution in [0.1, 0.15) is 11.1 Å². The molecule has 5 heteroatoms. The number of hydrogen-bond acceptors (Lipinski definition) is 3. The van der Waals surface area contributed by atoms with Gasteiger partial charge in [0.2, 0.25) is 0 Å². The van der Waals surface area contributed by atoms with Crippen molar-refractivity contribution >= 4 is 49.9 Å². The fourth-order valence-electron chi connectivity index (χ4n) is 6.97. The minimum Gasteiger partial charge on any atom is -0.327 e. The smallest absolute Gasteiger partial charge is 0.140 e. The predicted molar refractivity (Wildman–Crippen MR) is 180 cm³/mol. The van der Waals surface area contributed by atoms with Crippen molar-refractivity contribution in [3.63, 3.8) is 0 Å². The van der Waals surface area contributed by atoms with E-state index in [1.165, 1.54) is 33.3 Å². The Morgan fingerprint density at radius 2 is 1.34 bits per heavy atom. The van der Waals surface area contributed by atoms with Gasteiger partial charge < -0.3 is 9.47 Å². The second kappa shape index (κ2) is 9.68. The Hall–Kier alpha value is -5.68. The molecule has 0 fully saturated rings. The van der Waals surface area contributed by atoms with E-state index in [1.54, 1.807) is 0 Å². The molecule has 0 saturated heterocycles. The molecule has 0 amide bonds. The molecule has 3 aromatic heterocycles. The summed E-state index contributed by atoms with van der Waals surface area (Å²) in [7, 11) is 2.10. The monoisotopic (exact) mass is 567 g/mol. The van der Waals surface area contributed by atoms with Gasteiger partial charge in [0, 0.05) is 41.0 Å². The van der Waals surface area contributed by atoms with E-state index in [0.717, 1.165) is 57.8 Å². The summed E-state index contributed by atoms with van der Waals surface area (Å²) in [6.07, 6.45) is 3.83. The number of hydrogen-bond donors (Lipinski definition) is 0. The molecule has 210 valence electrons. The zero-order chi connectivity index (χ0) is 29.2. The Kier molecular flexibility index (Phi) is 5.47. The molecule has 1 aliphatic heterocycles. The number of aryl methyl sites for hydroxylation is 3. The Morgan fingerprint density at radius 1 is 0.591 bits per heavy atom. The first kappa shape index (κ1) is 24.9. The zero-order valence-electron chi connectivity index (χ0n) is 24.4. The number of anilines is 3. The van der Waals surface area contributed by atoms with Crippen molar-refractivity contribution in [2.24, 2.45) is 7.05 Å². The van der Waals surface area contributed by atoms with Crippen LogP contribution in [-0.4, -0.2) is 19.1 Å². The normalized spacial score (nSPS) is 12.9. The van der Waals surface area contributed by atoms with Gasteiger partial charge >= 0.3 is 0 Å². The van der Waals surface area contributed by atoms with Gasteiger partial charge in [-0.25, -0.2) is 9.97 Å². The summed E-state index contributed by atoms with van der Waals surface area (Å²) in [5.41, 5.74) is 11.7. The zero-order valence-corrected chi connectivity index (χ0v) is 24.4. The van der Waals surface area contributed by atoms with Gasteiger partial charge in [-0.3, -0.25) is 4.57 Å². The summed E-state index contributed by atoms with van der Waals surface area (Å²) in [4.78, 5) is 12.3. The second-order valence-electron chi connectivity index (χ2n) is 11.5. The van der Waals surface area contributed by atoms with Crippen LogP contribution in [0.5, 0.6) is 0 Å². The number of fused-ring (bicyclic) bond motifs is 6. The van der Waals surface area contributed by atoms with E-state index in [1.807, 2.05) is 12.3 Å². The Morgan fingerprint density at radius 3 is 2.20 bits per heavy atom. The van der Waals surface area contributed by atoms with E-state index < -0.39 is 0 Å². The topological polar surface area (TPSA) is 38.9 Å². The van der Waals surface area contributed by atoms with Crippen molar-refractivity contribution in [2.75, 3.05) is 4.90 Å². The minimum atomic E-state index is 0.914. The van der Waals surface area contributed by atoms with Crippen LogP contribution in [0.3, 0.4) is 0 Å². The molecule has 1 aliphatic rings. The second-order valence-corrected chi connectivity index (χ2v) is 11.5. The number of nitrogens with zero attached hydrogens (tertiary/aromatic N) is 5. The van der Waals surface area contributed by atoms with Crippen LogP contribution >= 0.6 is 0 Å². The molecule has 0 unspecified atom stereocenters. The van der Waals surface area contributed by atoms with Crippen molar-refractivity contribution in [1.82, 2.24) is 19.1 Å². The predicted octanol–water partition coefficient (Wildman–Crippen LogP) is 9.30. The molecule has 0 atom stereocenters. The molecule has 0 spiro atoms. The van der Waals surface area contributed by atoms with E-state index in [-0.39, 0.29) is 0 Å². The molecular formula is C39H29N5. The van der Waals surface area contributed by atoms with Crippen LogP contribution in [0.15, 0.2) is 134 Å². The molecule has 9 rings (SSSR count). The van der Waals surface area contributed by atoms with Gasteiger partial charge in [0.15, 0.2) is 0 Å². The van der Waals surface area contributed by atoms with Crippen LogP contribution < -0.4 is 4.90 Å². The van der Waals surface area contributed by atoms with Gasteiger partial charge in [-0.15, -0.1) is 0 Å². The highest BCUT2D eigenvalue weighted by atomic mass is 15.2. The first-order valence-corrected chi connectivity index (χ1v) is 15.1. The van der Waals surface area contributed by atoms with Crippen LogP contribution in [0.4, 0.5) is 17.1 Å². The molecule has 8 aromatic rings. The Balaban J connectivity index is 1.30. The molecule has 0 N–H and O–H groups in total. The van der Waals surface area contributed by atoms with Crippen molar-refractivity contribution < 1.29 is 0 Å². The van der Waals surface area contributed by atoms with E-state index in [0.29, 0.717) is 0 Å². The third kappa shape index (κ3) is 3.72. The lowest BCUT2D eigenvalue weighted by Gasteiger charge is -2.28. The lowest BCUT2D eigenvalue weighted by Crippen LogP contribution is -2.12. The van der Waals surface area contributed by atoms with E-state index in [9.17, 15) is 0 Å². The summed E-state index contributed by atoms with van der Waals surface area (Å²) in [5, 5.41) is 2.44. The number of aromatic nitrogens is 4. The van der Waals surface area contributed by atoms with Gasteiger partial charge in [-0.1, -0.05) is 72.8 Å². The van der Waals surface area contributed by atoms with Crippen LogP contribution in [0, 0.1) is 0 Å². The maximum Gasteiger partial charge on any atom is 0.140 e. The summed E-state index contributed by atoms with van der Waals surface area (Å²) in [6, 6.07) is 45.6. The molecule has 5 aromatic carbocycles. The van der Waals surface area contributed by atoms with Crippen LogP contribution in [0.2, 0.25) is 0 Å². The highest BCUT2D eigenvalue weighted by Gasteiger charge is 2.25. The third-order valence-electron chi connectivity index (χ3n) is 9.06.